The molecule has 0 bridgehead atoms. The summed E-state index contributed by atoms with van der Waals surface area (Å²) in [5.74, 6) is 0. The number of nitrogens with zero attached hydrogens (tertiary/aromatic N) is 3. The summed E-state index contributed by atoms with van der Waals surface area (Å²) in [4.78, 5) is 11.5. The summed E-state index contributed by atoms with van der Waals surface area (Å²) in [5.41, 5.74) is 3.50. The topological polar surface area (TPSA) is 38.2 Å². The van der Waals surface area contributed by atoms with Crippen molar-refractivity contribution < 1.29 is 4.74 Å². The fourth-order valence-corrected chi connectivity index (χ4v) is 3.85. The van der Waals surface area contributed by atoms with Crippen LogP contribution in [0.25, 0.3) is 10.6 Å². The lowest BCUT2D eigenvalue weighted by Gasteiger charge is -2.34. The van der Waals surface area contributed by atoms with E-state index in [4.69, 9.17) is 9.72 Å². The third kappa shape index (κ3) is 3.38. The van der Waals surface area contributed by atoms with Crippen LogP contribution in [0, 0.1) is 0 Å². The minimum Gasteiger partial charge on any atom is -0.378 e. The van der Waals surface area contributed by atoms with Gasteiger partial charge in [-0.2, -0.15) is 0 Å². The van der Waals surface area contributed by atoms with Crippen LogP contribution in [-0.2, 0) is 11.3 Å². The molecule has 2 aromatic heterocycles. The molecule has 1 aliphatic rings. The Bertz CT molecular complexity index is 776. The van der Waals surface area contributed by atoms with Crippen molar-refractivity contribution in [3.05, 3.63) is 71.5 Å². The van der Waals surface area contributed by atoms with Crippen molar-refractivity contribution in [1.82, 2.24) is 14.9 Å². The van der Waals surface area contributed by atoms with Gasteiger partial charge in [0.1, 0.15) is 5.01 Å². The van der Waals surface area contributed by atoms with E-state index in [2.05, 4.69) is 45.6 Å². The van der Waals surface area contributed by atoms with Crippen molar-refractivity contribution in [3.8, 4) is 10.6 Å². The van der Waals surface area contributed by atoms with Gasteiger partial charge >= 0.3 is 0 Å². The summed E-state index contributed by atoms with van der Waals surface area (Å²) >= 11 is 1.70. The zero-order valence-corrected chi connectivity index (χ0v) is 14.2. The van der Waals surface area contributed by atoms with E-state index < -0.39 is 0 Å². The third-order valence-corrected chi connectivity index (χ3v) is 5.14. The first-order chi connectivity index (χ1) is 11.9. The molecule has 0 aliphatic carbocycles. The summed E-state index contributed by atoms with van der Waals surface area (Å²) in [7, 11) is 0. The van der Waals surface area contributed by atoms with E-state index in [0.717, 1.165) is 30.4 Å². The number of pyridine rings is 1. The van der Waals surface area contributed by atoms with E-state index in [1.807, 2.05) is 24.5 Å². The molecule has 0 N–H and O–H groups in total. The van der Waals surface area contributed by atoms with Crippen molar-refractivity contribution in [1.29, 1.82) is 0 Å². The van der Waals surface area contributed by atoms with Gasteiger partial charge in [0.15, 0.2) is 0 Å². The van der Waals surface area contributed by atoms with Crippen LogP contribution >= 0.6 is 11.3 Å². The van der Waals surface area contributed by atoms with Gasteiger partial charge in [-0.3, -0.25) is 9.88 Å². The zero-order chi connectivity index (χ0) is 16.2. The molecule has 1 fully saturated rings. The first-order valence-corrected chi connectivity index (χ1v) is 8.99. The second-order valence-electron chi connectivity index (χ2n) is 5.87. The lowest BCUT2D eigenvalue weighted by molar-refractivity contribution is -0.0140. The first kappa shape index (κ1) is 15.4. The fraction of sp³-hybridized carbons (Fsp3) is 0.263. The molecular weight excluding hydrogens is 318 g/mol. The predicted molar refractivity (Wildman–Crippen MR) is 95.8 cm³/mol. The van der Waals surface area contributed by atoms with E-state index in [0.29, 0.717) is 6.61 Å². The molecule has 0 radical (unpaired) electrons. The lowest BCUT2D eigenvalue weighted by Crippen LogP contribution is -2.39. The van der Waals surface area contributed by atoms with Crippen LogP contribution in [0.5, 0.6) is 0 Å². The molecule has 0 amide bonds. The summed E-state index contributed by atoms with van der Waals surface area (Å²) in [6, 6.07) is 14.7. The number of benzene rings is 1. The Kier molecular flexibility index (Phi) is 4.64. The summed E-state index contributed by atoms with van der Waals surface area (Å²) in [6.07, 6.45) is 3.75. The Morgan fingerprint density at radius 3 is 2.92 bits per heavy atom. The molecule has 5 heteroatoms. The van der Waals surface area contributed by atoms with Crippen molar-refractivity contribution in [3.63, 3.8) is 0 Å². The Labute approximate surface area is 145 Å². The second-order valence-corrected chi connectivity index (χ2v) is 6.72. The van der Waals surface area contributed by atoms with Gasteiger partial charge in [-0.25, -0.2) is 4.98 Å². The Morgan fingerprint density at radius 2 is 2.08 bits per heavy atom. The molecule has 1 atom stereocenters. The SMILES string of the molecule is c1ccc(-c2nc([C@H]3COCCN3Cc3cccnc3)cs2)cc1. The average molecular weight is 337 g/mol. The molecule has 1 aliphatic heterocycles. The molecule has 1 aromatic carbocycles. The van der Waals surface area contributed by atoms with E-state index in [1.165, 1.54) is 11.1 Å². The first-order valence-electron chi connectivity index (χ1n) is 8.12. The van der Waals surface area contributed by atoms with Crippen LogP contribution in [0.2, 0.25) is 0 Å². The van der Waals surface area contributed by atoms with Gasteiger partial charge in [0, 0.05) is 36.4 Å². The van der Waals surface area contributed by atoms with E-state index in [9.17, 15) is 0 Å². The van der Waals surface area contributed by atoms with Crippen LogP contribution in [-0.4, -0.2) is 34.6 Å². The highest BCUT2D eigenvalue weighted by Gasteiger charge is 2.27. The van der Waals surface area contributed by atoms with Crippen LogP contribution in [0.1, 0.15) is 17.3 Å². The van der Waals surface area contributed by atoms with Gasteiger partial charge in [-0.1, -0.05) is 36.4 Å². The Hall–Kier alpha value is -2.08. The van der Waals surface area contributed by atoms with Gasteiger partial charge in [-0.05, 0) is 11.6 Å². The molecule has 1 saturated heterocycles. The highest BCUT2D eigenvalue weighted by Crippen LogP contribution is 2.30. The maximum atomic E-state index is 5.73. The van der Waals surface area contributed by atoms with Crippen LogP contribution in [0.3, 0.4) is 0 Å². The van der Waals surface area contributed by atoms with Gasteiger partial charge in [0.2, 0.25) is 0 Å². The molecule has 122 valence electrons. The minimum atomic E-state index is 0.202. The molecule has 3 aromatic rings. The number of hydrogen-bond donors (Lipinski definition) is 0. The smallest absolute Gasteiger partial charge is 0.123 e. The molecule has 4 nitrogen and oxygen atoms in total. The predicted octanol–water partition coefficient (Wildman–Crippen LogP) is 3.78. The molecule has 4 rings (SSSR count). The Morgan fingerprint density at radius 1 is 1.17 bits per heavy atom. The number of thiazole rings is 1. The number of rotatable bonds is 4. The third-order valence-electron chi connectivity index (χ3n) is 4.23. The normalized spacial score (nSPS) is 18.6. The number of hydrogen-bond acceptors (Lipinski definition) is 5. The fourth-order valence-electron chi connectivity index (χ4n) is 2.98. The average Bonchev–Trinajstić information content (AvgIpc) is 3.14. The standard InChI is InChI=1S/C19H19N3OS/c1-2-6-16(7-3-1)19-21-17(14-24-19)18-13-23-10-9-22(18)12-15-5-4-8-20-11-15/h1-8,11,14,18H,9-10,12-13H2/t18-/m1/s1. The van der Waals surface area contributed by atoms with Gasteiger partial charge in [0.25, 0.3) is 0 Å². The summed E-state index contributed by atoms with van der Waals surface area (Å²) in [5, 5.41) is 3.23. The van der Waals surface area contributed by atoms with Crippen molar-refractivity contribution in [2.45, 2.75) is 12.6 Å². The highest BCUT2D eigenvalue weighted by atomic mass is 32.1. The monoisotopic (exact) mass is 337 g/mol. The second kappa shape index (κ2) is 7.21. The largest absolute Gasteiger partial charge is 0.378 e. The van der Waals surface area contributed by atoms with Crippen LogP contribution in [0.4, 0.5) is 0 Å². The highest BCUT2D eigenvalue weighted by molar-refractivity contribution is 7.13. The quantitative estimate of drug-likeness (QED) is 0.726. The zero-order valence-electron chi connectivity index (χ0n) is 13.3. The van der Waals surface area contributed by atoms with Crippen molar-refractivity contribution in [2.24, 2.45) is 0 Å². The van der Waals surface area contributed by atoms with E-state index >= 15 is 0 Å². The van der Waals surface area contributed by atoms with Crippen LogP contribution < -0.4 is 0 Å². The van der Waals surface area contributed by atoms with Crippen LogP contribution in [0.15, 0.2) is 60.2 Å². The van der Waals surface area contributed by atoms with Crippen molar-refractivity contribution in [2.75, 3.05) is 19.8 Å². The van der Waals surface area contributed by atoms with E-state index in [1.54, 1.807) is 11.3 Å². The van der Waals surface area contributed by atoms with Gasteiger partial charge < -0.3 is 4.74 Å². The molecule has 24 heavy (non-hydrogen) atoms. The molecule has 0 spiro atoms. The maximum absolute atomic E-state index is 5.73. The molecule has 0 saturated carbocycles. The van der Waals surface area contributed by atoms with E-state index in [-0.39, 0.29) is 6.04 Å². The lowest BCUT2D eigenvalue weighted by atomic mass is 10.1. The molecule has 3 heterocycles. The minimum absolute atomic E-state index is 0.202. The number of aromatic nitrogens is 2. The van der Waals surface area contributed by atoms with Gasteiger partial charge in [0.05, 0.1) is 24.9 Å². The van der Waals surface area contributed by atoms with Gasteiger partial charge in [-0.15, -0.1) is 11.3 Å². The van der Waals surface area contributed by atoms with Crippen molar-refractivity contribution >= 4 is 11.3 Å². The number of ether oxygens (including phenoxy) is 1. The Balaban J connectivity index is 1.56. The summed E-state index contributed by atoms with van der Waals surface area (Å²) < 4.78 is 5.73. The molecule has 0 unspecified atom stereocenters. The summed E-state index contributed by atoms with van der Waals surface area (Å²) in [6.45, 7) is 3.25. The maximum Gasteiger partial charge on any atom is 0.123 e. The molecular formula is C19H19N3OS. The number of morpholine rings is 1.